The molecule has 0 aliphatic carbocycles. The second kappa shape index (κ2) is 11.1. The number of rotatable bonds is 9. The fourth-order valence-electron chi connectivity index (χ4n) is 3.22. The molecule has 0 saturated heterocycles. The van der Waals surface area contributed by atoms with Gasteiger partial charge in [-0.1, -0.05) is 32.0 Å². The van der Waals surface area contributed by atoms with E-state index in [-0.39, 0.29) is 11.8 Å². The maximum Gasteiger partial charge on any atom is 0.258 e. The SMILES string of the molecule is CCN(C(=O)c1ccc(NC(=O)c2ccc(OCCC(C)C)cc2)cc1)c1ccccc1. The van der Waals surface area contributed by atoms with Gasteiger partial charge < -0.3 is 15.0 Å². The molecule has 3 aromatic rings. The third-order valence-electron chi connectivity index (χ3n) is 5.10. The van der Waals surface area contributed by atoms with Gasteiger partial charge >= 0.3 is 0 Å². The van der Waals surface area contributed by atoms with Crippen LogP contribution in [-0.4, -0.2) is 25.0 Å². The normalized spacial score (nSPS) is 10.6. The number of carbonyl (C=O) groups is 2. The maximum absolute atomic E-state index is 12.9. The first kappa shape index (κ1) is 23.1. The zero-order valence-corrected chi connectivity index (χ0v) is 18.9. The Balaban J connectivity index is 1.60. The number of para-hydroxylation sites is 1. The molecule has 0 saturated carbocycles. The molecule has 5 heteroatoms. The number of nitrogens with one attached hydrogen (secondary N) is 1. The second-order valence-electron chi connectivity index (χ2n) is 7.97. The van der Waals surface area contributed by atoms with Crippen molar-refractivity contribution in [1.29, 1.82) is 0 Å². The Bertz CT molecular complexity index is 1010. The quantitative estimate of drug-likeness (QED) is 0.451. The van der Waals surface area contributed by atoms with Gasteiger partial charge in [0.2, 0.25) is 0 Å². The van der Waals surface area contributed by atoms with Crippen molar-refractivity contribution in [3.05, 3.63) is 90.0 Å². The Hall–Kier alpha value is -3.60. The number of carbonyl (C=O) groups excluding carboxylic acids is 2. The number of hydrogen-bond donors (Lipinski definition) is 1. The van der Waals surface area contributed by atoms with E-state index >= 15 is 0 Å². The molecule has 32 heavy (non-hydrogen) atoms. The molecule has 3 rings (SSSR count). The van der Waals surface area contributed by atoms with Gasteiger partial charge in [-0.3, -0.25) is 9.59 Å². The molecule has 2 amide bonds. The smallest absolute Gasteiger partial charge is 0.258 e. The second-order valence-corrected chi connectivity index (χ2v) is 7.97. The summed E-state index contributed by atoms with van der Waals surface area (Å²) in [5, 5.41) is 2.87. The van der Waals surface area contributed by atoms with E-state index in [1.165, 1.54) is 0 Å². The van der Waals surface area contributed by atoms with Gasteiger partial charge in [-0.05, 0) is 79.9 Å². The van der Waals surface area contributed by atoms with Gasteiger partial charge in [0.1, 0.15) is 5.75 Å². The molecule has 0 fully saturated rings. The van der Waals surface area contributed by atoms with Crippen molar-refractivity contribution in [2.24, 2.45) is 5.92 Å². The summed E-state index contributed by atoms with van der Waals surface area (Å²) in [5.41, 5.74) is 2.60. The fourth-order valence-corrected chi connectivity index (χ4v) is 3.22. The average Bonchev–Trinajstić information content (AvgIpc) is 2.81. The van der Waals surface area contributed by atoms with Crippen LogP contribution in [0.25, 0.3) is 0 Å². The largest absolute Gasteiger partial charge is 0.494 e. The van der Waals surface area contributed by atoms with Crippen molar-refractivity contribution in [3.63, 3.8) is 0 Å². The standard InChI is InChI=1S/C27H30N2O3/c1-4-29(24-8-6-5-7-9-24)27(31)22-10-14-23(15-11-22)28-26(30)21-12-16-25(17-13-21)32-19-18-20(2)3/h5-17,20H,4,18-19H2,1-3H3,(H,28,30). The van der Waals surface area contributed by atoms with Gasteiger partial charge in [0.15, 0.2) is 0 Å². The third kappa shape index (κ3) is 6.20. The lowest BCUT2D eigenvalue weighted by Gasteiger charge is -2.21. The van der Waals surface area contributed by atoms with E-state index in [1.807, 2.05) is 37.3 Å². The van der Waals surface area contributed by atoms with Gasteiger partial charge in [0.05, 0.1) is 6.61 Å². The first-order chi connectivity index (χ1) is 15.5. The lowest BCUT2D eigenvalue weighted by atomic mass is 10.1. The molecule has 166 valence electrons. The molecule has 0 heterocycles. The number of benzene rings is 3. The molecular weight excluding hydrogens is 400 g/mol. The minimum absolute atomic E-state index is 0.0790. The highest BCUT2D eigenvalue weighted by Gasteiger charge is 2.16. The van der Waals surface area contributed by atoms with E-state index in [0.717, 1.165) is 17.9 Å². The maximum atomic E-state index is 12.9. The van der Waals surface area contributed by atoms with E-state index in [4.69, 9.17) is 4.74 Å². The molecule has 0 atom stereocenters. The van der Waals surface area contributed by atoms with Crippen molar-refractivity contribution < 1.29 is 14.3 Å². The van der Waals surface area contributed by atoms with Gasteiger partial charge in [-0.15, -0.1) is 0 Å². The number of nitrogens with zero attached hydrogens (tertiary/aromatic N) is 1. The van der Waals surface area contributed by atoms with Crippen molar-refractivity contribution in [2.75, 3.05) is 23.4 Å². The molecule has 5 nitrogen and oxygen atoms in total. The number of amides is 2. The first-order valence-corrected chi connectivity index (χ1v) is 11.0. The minimum Gasteiger partial charge on any atom is -0.494 e. The van der Waals surface area contributed by atoms with Crippen molar-refractivity contribution in [2.45, 2.75) is 27.2 Å². The molecule has 0 aliphatic heterocycles. The van der Waals surface area contributed by atoms with Gasteiger partial charge in [-0.25, -0.2) is 0 Å². The summed E-state index contributed by atoms with van der Waals surface area (Å²) in [6, 6.07) is 23.6. The zero-order valence-electron chi connectivity index (χ0n) is 18.9. The molecule has 0 bridgehead atoms. The Morgan fingerprint density at radius 3 is 2.09 bits per heavy atom. The Labute approximate surface area is 190 Å². The van der Waals surface area contributed by atoms with Crippen molar-refractivity contribution >= 4 is 23.2 Å². The van der Waals surface area contributed by atoms with Crippen LogP contribution in [0.15, 0.2) is 78.9 Å². The third-order valence-corrected chi connectivity index (χ3v) is 5.10. The van der Waals surface area contributed by atoms with Crippen LogP contribution in [0.1, 0.15) is 47.9 Å². The van der Waals surface area contributed by atoms with Gasteiger partial charge in [0, 0.05) is 29.0 Å². The lowest BCUT2D eigenvalue weighted by Crippen LogP contribution is -2.30. The molecule has 0 aliphatic rings. The summed E-state index contributed by atoms with van der Waals surface area (Å²) in [5.74, 6) is 1.05. The van der Waals surface area contributed by atoms with Gasteiger partial charge in [0.25, 0.3) is 11.8 Å². The van der Waals surface area contributed by atoms with E-state index < -0.39 is 0 Å². The van der Waals surface area contributed by atoms with Crippen LogP contribution in [0.5, 0.6) is 5.75 Å². The molecule has 3 aromatic carbocycles. The summed E-state index contributed by atoms with van der Waals surface area (Å²) < 4.78 is 5.70. The summed E-state index contributed by atoms with van der Waals surface area (Å²) in [6.07, 6.45) is 0.988. The first-order valence-electron chi connectivity index (χ1n) is 11.0. The van der Waals surface area contributed by atoms with E-state index in [1.54, 1.807) is 53.4 Å². The predicted octanol–water partition coefficient (Wildman–Crippen LogP) is 6.03. The van der Waals surface area contributed by atoms with E-state index in [0.29, 0.717) is 35.9 Å². The Kier molecular flexibility index (Phi) is 8.03. The van der Waals surface area contributed by atoms with Crippen molar-refractivity contribution in [3.8, 4) is 5.75 Å². The van der Waals surface area contributed by atoms with E-state index in [2.05, 4.69) is 19.2 Å². The molecule has 0 spiro atoms. The summed E-state index contributed by atoms with van der Waals surface area (Å²) in [4.78, 5) is 27.2. The number of ether oxygens (including phenoxy) is 1. The molecule has 1 N–H and O–H groups in total. The Morgan fingerprint density at radius 1 is 0.875 bits per heavy atom. The molecular formula is C27H30N2O3. The zero-order chi connectivity index (χ0) is 22.9. The van der Waals surface area contributed by atoms with Crippen LogP contribution in [0.4, 0.5) is 11.4 Å². The van der Waals surface area contributed by atoms with Crippen LogP contribution >= 0.6 is 0 Å². The number of hydrogen-bond acceptors (Lipinski definition) is 3. The van der Waals surface area contributed by atoms with Crippen LogP contribution in [0.2, 0.25) is 0 Å². The summed E-state index contributed by atoms with van der Waals surface area (Å²) in [6.45, 7) is 7.48. The molecule has 0 aromatic heterocycles. The van der Waals surface area contributed by atoms with Crippen LogP contribution in [0, 0.1) is 5.92 Å². The number of anilines is 2. The average molecular weight is 431 g/mol. The molecule has 0 radical (unpaired) electrons. The van der Waals surface area contributed by atoms with Gasteiger partial charge in [-0.2, -0.15) is 0 Å². The monoisotopic (exact) mass is 430 g/mol. The topological polar surface area (TPSA) is 58.6 Å². The summed E-state index contributed by atoms with van der Waals surface area (Å²) >= 11 is 0. The fraction of sp³-hybridized carbons (Fsp3) is 0.259. The Morgan fingerprint density at radius 2 is 1.50 bits per heavy atom. The van der Waals surface area contributed by atoms with Crippen molar-refractivity contribution in [1.82, 2.24) is 0 Å². The minimum atomic E-state index is -0.211. The highest BCUT2D eigenvalue weighted by atomic mass is 16.5. The van der Waals surface area contributed by atoms with Crippen LogP contribution < -0.4 is 15.0 Å². The van der Waals surface area contributed by atoms with Crippen LogP contribution in [0.3, 0.4) is 0 Å². The van der Waals surface area contributed by atoms with E-state index in [9.17, 15) is 9.59 Å². The molecule has 0 unspecified atom stereocenters. The summed E-state index contributed by atoms with van der Waals surface area (Å²) in [7, 11) is 0. The van der Waals surface area contributed by atoms with Crippen LogP contribution in [-0.2, 0) is 0 Å². The highest BCUT2D eigenvalue weighted by molar-refractivity contribution is 6.07. The predicted molar refractivity (Wildman–Crippen MR) is 130 cm³/mol. The highest BCUT2D eigenvalue weighted by Crippen LogP contribution is 2.19. The lowest BCUT2D eigenvalue weighted by molar-refractivity contribution is 0.0987.